The van der Waals surface area contributed by atoms with Gasteiger partial charge in [0.25, 0.3) is 0 Å². The van der Waals surface area contributed by atoms with E-state index in [4.69, 9.17) is 27.2 Å². The third-order valence-electron chi connectivity index (χ3n) is 3.13. The monoisotopic (exact) mass is 290 g/mol. The van der Waals surface area contributed by atoms with Gasteiger partial charge in [0.15, 0.2) is 5.05 Å². The average Bonchev–Trinajstić information content (AvgIpc) is 2.42. The molecule has 0 saturated heterocycles. The van der Waals surface area contributed by atoms with E-state index in [2.05, 4.69) is 6.92 Å². The Morgan fingerprint density at radius 2 is 1.53 bits per heavy atom. The molecule has 0 fully saturated rings. The van der Waals surface area contributed by atoms with Crippen molar-refractivity contribution in [1.29, 1.82) is 0 Å². The standard InChI is InChI=1S/C15H30O3S/c1-2-3-4-5-6-7-8-9-10-11-15(19)18-13-14(17)12-16/h14,16-17H,2-13H2,1H3. The molecule has 0 aromatic rings. The Hall–Kier alpha value is -0.190. The van der Waals surface area contributed by atoms with Crippen LogP contribution < -0.4 is 0 Å². The van der Waals surface area contributed by atoms with Gasteiger partial charge in [0.2, 0.25) is 0 Å². The van der Waals surface area contributed by atoms with Crippen molar-refractivity contribution in [2.24, 2.45) is 0 Å². The van der Waals surface area contributed by atoms with Crippen LogP contribution in [0.15, 0.2) is 0 Å². The minimum atomic E-state index is -0.818. The van der Waals surface area contributed by atoms with Crippen molar-refractivity contribution >= 4 is 17.3 Å². The van der Waals surface area contributed by atoms with Crippen LogP contribution in [-0.4, -0.2) is 34.6 Å². The van der Waals surface area contributed by atoms with Gasteiger partial charge in [-0.15, -0.1) is 0 Å². The van der Waals surface area contributed by atoms with Gasteiger partial charge in [-0.2, -0.15) is 0 Å². The van der Waals surface area contributed by atoms with Gasteiger partial charge in [-0.05, 0) is 18.6 Å². The summed E-state index contributed by atoms with van der Waals surface area (Å²) in [6.07, 6.45) is 11.6. The molecule has 0 aliphatic rings. The van der Waals surface area contributed by atoms with E-state index in [1.807, 2.05) is 0 Å². The molecule has 19 heavy (non-hydrogen) atoms. The lowest BCUT2D eigenvalue weighted by molar-refractivity contribution is 0.0498. The van der Waals surface area contributed by atoms with Gasteiger partial charge in [0.1, 0.15) is 12.7 Å². The second-order valence-electron chi connectivity index (χ2n) is 5.10. The van der Waals surface area contributed by atoms with Crippen LogP contribution in [-0.2, 0) is 4.74 Å². The van der Waals surface area contributed by atoms with Crippen molar-refractivity contribution in [3.05, 3.63) is 0 Å². The van der Waals surface area contributed by atoms with E-state index >= 15 is 0 Å². The van der Waals surface area contributed by atoms with Crippen LogP contribution in [0.1, 0.15) is 71.1 Å². The van der Waals surface area contributed by atoms with Crippen LogP contribution in [0.25, 0.3) is 0 Å². The van der Waals surface area contributed by atoms with E-state index in [1.165, 1.54) is 51.4 Å². The van der Waals surface area contributed by atoms with Crippen molar-refractivity contribution in [1.82, 2.24) is 0 Å². The highest BCUT2D eigenvalue weighted by Gasteiger charge is 2.04. The molecule has 0 aliphatic carbocycles. The van der Waals surface area contributed by atoms with Gasteiger partial charge in [-0.25, -0.2) is 0 Å². The van der Waals surface area contributed by atoms with E-state index in [0.29, 0.717) is 5.05 Å². The number of rotatable bonds is 13. The number of hydrogen-bond acceptors (Lipinski definition) is 4. The van der Waals surface area contributed by atoms with E-state index in [9.17, 15) is 0 Å². The van der Waals surface area contributed by atoms with Gasteiger partial charge < -0.3 is 14.9 Å². The first-order valence-electron chi connectivity index (χ1n) is 7.65. The molecule has 0 bridgehead atoms. The second kappa shape index (κ2) is 14.2. The van der Waals surface area contributed by atoms with E-state index < -0.39 is 6.10 Å². The largest absolute Gasteiger partial charge is 0.484 e. The minimum Gasteiger partial charge on any atom is -0.484 e. The molecule has 1 unspecified atom stereocenters. The normalized spacial score (nSPS) is 12.4. The SMILES string of the molecule is CCCCCCCCCCCC(=S)OCC(O)CO. The summed E-state index contributed by atoms with van der Waals surface area (Å²) in [6.45, 7) is 2.07. The number of aliphatic hydroxyl groups is 2. The Kier molecular flexibility index (Phi) is 14.1. The Morgan fingerprint density at radius 3 is 2.05 bits per heavy atom. The fourth-order valence-electron chi connectivity index (χ4n) is 1.89. The molecule has 4 heteroatoms. The average molecular weight is 290 g/mol. The Labute approximate surface area is 123 Å². The van der Waals surface area contributed by atoms with Crippen LogP contribution in [0.3, 0.4) is 0 Å². The number of hydrogen-bond donors (Lipinski definition) is 2. The Balaban J connectivity index is 3.18. The third kappa shape index (κ3) is 14.0. The van der Waals surface area contributed by atoms with Gasteiger partial charge in [-0.1, -0.05) is 58.3 Å². The minimum absolute atomic E-state index is 0.104. The molecule has 2 N–H and O–H groups in total. The summed E-state index contributed by atoms with van der Waals surface area (Å²) in [7, 11) is 0. The van der Waals surface area contributed by atoms with Crippen LogP contribution in [0.4, 0.5) is 0 Å². The molecule has 0 spiro atoms. The number of unbranched alkanes of at least 4 members (excludes halogenated alkanes) is 8. The summed E-state index contributed by atoms with van der Waals surface area (Å²) in [5, 5.41) is 18.3. The fourth-order valence-corrected chi connectivity index (χ4v) is 2.11. The first-order chi connectivity index (χ1) is 9.20. The summed E-state index contributed by atoms with van der Waals surface area (Å²) < 4.78 is 5.19. The van der Waals surface area contributed by atoms with Crippen molar-refractivity contribution in [3.63, 3.8) is 0 Å². The molecule has 114 valence electrons. The fraction of sp³-hybridized carbons (Fsp3) is 0.933. The molecule has 0 heterocycles. The maximum absolute atomic E-state index is 9.10. The van der Waals surface area contributed by atoms with Gasteiger partial charge in [0, 0.05) is 6.42 Å². The van der Waals surface area contributed by atoms with Gasteiger partial charge in [0.05, 0.1) is 6.61 Å². The molecule has 0 amide bonds. The maximum atomic E-state index is 9.10. The molecular formula is C15H30O3S. The zero-order valence-corrected chi connectivity index (χ0v) is 13.1. The van der Waals surface area contributed by atoms with E-state index in [0.717, 1.165) is 12.8 Å². The predicted octanol–water partition coefficient (Wildman–Crippen LogP) is 3.60. The summed E-state index contributed by atoms with van der Waals surface area (Å²) in [4.78, 5) is 0. The first-order valence-corrected chi connectivity index (χ1v) is 8.06. The lowest BCUT2D eigenvalue weighted by atomic mass is 10.1. The quantitative estimate of drug-likeness (QED) is 0.402. The van der Waals surface area contributed by atoms with Crippen LogP contribution in [0.5, 0.6) is 0 Å². The van der Waals surface area contributed by atoms with Crippen LogP contribution in [0, 0.1) is 0 Å². The summed E-state index contributed by atoms with van der Waals surface area (Å²) >= 11 is 5.05. The first kappa shape index (κ1) is 18.8. The highest BCUT2D eigenvalue weighted by atomic mass is 32.1. The number of ether oxygens (including phenoxy) is 1. The Bertz CT molecular complexity index is 210. The maximum Gasteiger partial charge on any atom is 0.159 e. The topological polar surface area (TPSA) is 49.7 Å². The summed E-state index contributed by atoms with van der Waals surface area (Å²) in [6, 6.07) is 0. The highest BCUT2D eigenvalue weighted by Crippen LogP contribution is 2.11. The summed E-state index contributed by atoms with van der Waals surface area (Å²) in [5.41, 5.74) is 0. The highest BCUT2D eigenvalue weighted by molar-refractivity contribution is 7.80. The lowest BCUT2D eigenvalue weighted by Crippen LogP contribution is -2.21. The molecular weight excluding hydrogens is 260 g/mol. The second-order valence-corrected chi connectivity index (χ2v) is 5.55. The lowest BCUT2D eigenvalue weighted by Gasteiger charge is -2.10. The van der Waals surface area contributed by atoms with Gasteiger partial charge in [-0.3, -0.25) is 0 Å². The Morgan fingerprint density at radius 1 is 1.00 bits per heavy atom. The molecule has 3 nitrogen and oxygen atoms in total. The molecule has 0 aromatic carbocycles. The molecule has 0 rings (SSSR count). The molecule has 0 saturated carbocycles. The van der Waals surface area contributed by atoms with E-state index in [-0.39, 0.29) is 13.2 Å². The third-order valence-corrected chi connectivity index (χ3v) is 3.45. The van der Waals surface area contributed by atoms with Crippen molar-refractivity contribution in [2.75, 3.05) is 13.2 Å². The zero-order chi connectivity index (χ0) is 14.3. The molecule has 1 atom stereocenters. The number of aliphatic hydroxyl groups excluding tert-OH is 2. The van der Waals surface area contributed by atoms with E-state index in [1.54, 1.807) is 0 Å². The van der Waals surface area contributed by atoms with Gasteiger partial charge >= 0.3 is 0 Å². The van der Waals surface area contributed by atoms with Crippen LogP contribution in [0.2, 0.25) is 0 Å². The predicted molar refractivity (Wildman–Crippen MR) is 83.5 cm³/mol. The van der Waals surface area contributed by atoms with Crippen molar-refractivity contribution < 1.29 is 14.9 Å². The molecule has 0 radical (unpaired) electrons. The zero-order valence-electron chi connectivity index (χ0n) is 12.3. The van der Waals surface area contributed by atoms with Crippen molar-refractivity contribution in [2.45, 2.75) is 77.2 Å². The molecule has 0 aliphatic heterocycles. The summed E-state index contributed by atoms with van der Waals surface area (Å²) in [5.74, 6) is 0. The molecule has 0 aromatic heterocycles. The smallest absolute Gasteiger partial charge is 0.159 e. The van der Waals surface area contributed by atoms with Crippen LogP contribution >= 0.6 is 12.2 Å². The number of thiocarbonyl (C=S) groups is 1. The van der Waals surface area contributed by atoms with Crippen molar-refractivity contribution in [3.8, 4) is 0 Å².